The zero-order valence-corrected chi connectivity index (χ0v) is 10.6. The van der Waals surface area contributed by atoms with E-state index in [0.717, 1.165) is 17.4 Å². The molecular weight excluding hydrogens is 196 g/mol. The van der Waals surface area contributed by atoms with E-state index in [1.165, 1.54) is 19.3 Å². The van der Waals surface area contributed by atoms with E-state index >= 15 is 0 Å². The fourth-order valence-corrected chi connectivity index (χ4v) is 7.05. The Morgan fingerprint density at radius 1 is 1.38 bits per heavy atom. The van der Waals surface area contributed by atoms with E-state index in [2.05, 4.69) is 26.1 Å². The van der Waals surface area contributed by atoms with Crippen molar-refractivity contribution < 1.29 is 0 Å². The molecular formula is C11H19ClSi. The first-order chi connectivity index (χ1) is 6.04. The number of allylic oxidation sites excluding steroid dienone is 2. The molecule has 2 aliphatic rings. The number of halogens is 1. The van der Waals surface area contributed by atoms with E-state index in [9.17, 15) is 0 Å². The highest BCUT2D eigenvalue weighted by atomic mass is 35.6. The molecule has 2 fully saturated rings. The van der Waals surface area contributed by atoms with Crippen LogP contribution in [0.2, 0.25) is 18.6 Å². The Kier molecular flexibility index (Phi) is 2.36. The Morgan fingerprint density at radius 3 is 2.54 bits per heavy atom. The smallest absolute Gasteiger partial charge is 0.157 e. The molecule has 0 amide bonds. The molecule has 0 aliphatic heterocycles. The molecule has 3 atom stereocenters. The first kappa shape index (κ1) is 9.79. The van der Waals surface area contributed by atoms with E-state index in [1.54, 1.807) is 5.57 Å². The summed E-state index contributed by atoms with van der Waals surface area (Å²) >= 11 is 6.61. The second kappa shape index (κ2) is 3.13. The Balaban J connectivity index is 2.28. The lowest BCUT2D eigenvalue weighted by Gasteiger charge is -2.32. The zero-order valence-electron chi connectivity index (χ0n) is 8.81. The first-order valence-corrected chi connectivity index (χ1v) is 9.48. The molecule has 0 N–H and O–H groups in total. The summed E-state index contributed by atoms with van der Waals surface area (Å²) in [6.07, 6.45) is 6.66. The summed E-state index contributed by atoms with van der Waals surface area (Å²) in [5.74, 6) is 1.85. The van der Waals surface area contributed by atoms with Crippen LogP contribution in [0, 0.1) is 11.8 Å². The van der Waals surface area contributed by atoms with Gasteiger partial charge < -0.3 is 0 Å². The summed E-state index contributed by atoms with van der Waals surface area (Å²) < 4.78 is 0. The van der Waals surface area contributed by atoms with Crippen molar-refractivity contribution in [2.24, 2.45) is 11.8 Å². The van der Waals surface area contributed by atoms with Crippen LogP contribution in [-0.4, -0.2) is 7.38 Å². The second-order valence-corrected chi connectivity index (χ2v) is 11.8. The highest BCUT2D eigenvalue weighted by molar-refractivity contribution is 7.20. The fraction of sp³-hybridized carbons (Fsp3) is 0.818. The molecule has 74 valence electrons. The number of hydrogen-bond acceptors (Lipinski definition) is 0. The zero-order chi connectivity index (χ0) is 9.64. The van der Waals surface area contributed by atoms with E-state index in [4.69, 9.17) is 11.1 Å². The molecule has 2 saturated carbocycles. The molecule has 2 bridgehead atoms. The number of fused-ring (bicyclic) bond motifs is 2. The molecule has 0 aromatic rings. The second-order valence-electron chi connectivity index (χ2n) is 5.10. The van der Waals surface area contributed by atoms with Crippen molar-refractivity contribution in [2.75, 3.05) is 0 Å². The molecule has 0 radical (unpaired) electrons. The molecule has 0 heterocycles. The van der Waals surface area contributed by atoms with Crippen LogP contribution in [0.15, 0.2) is 11.6 Å². The van der Waals surface area contributed by atoms with Crippen LogP contribution < -0.4 is 0 Å². The van der Waals surface area contributed by atoms with Gasteiger partial charge in [0, 0.05) is 0 Å². The summed E-state index contributed by atoms with van der Waals surface area (Å²) in [4.78, 5) is 0. The molecule has 0 aromatic carbocycles. The van der Waals surface area contributed by atoms with Crippen molar-refractivity contribution in [3.63, 3.8) is 0 Å². The highest BCUT2D eigenvalue weighted by Crippen LogP contribution is 2.59. The van der Waals surface area contributed by atoms with Crippen molar-refractivity contribution in [1.29, 1.82) is 0 Å². The van der Waals surface area contributed by atoms with Gasteiger partial charge >= 0.3 is 0 Å². The lowest BCUT2D eigenvalue weighted by molar-refractivity contribution is 0.551. The lowest BCUT2D eigenvalue weighted by atomic mass is 9.94. The third kappa shape index (κ3) is 1.50. The third-order valence-corrected chi connectivity index (χ3v) is 6.84. The summed E-state index contributed by atoms with van der Waals surface area (Å²) in [6, 6.07) is 0. The van der Waals surface area contributed by atoms with Gasteiger partial charge in [-0.2, -0.15) is 11.1 Å². The summed E-state index contributed by atoms with van der Waals surface area (Å²) in [6.45, 7) is 6.81. The monoisotopic (exact) mass is 214 g/mol. The highest BCUT2D eigenvalue weighted by Gasteiger charge is 2.49. The standard InChI is InChI=1S/C11H19ClSi/c1-4-10-8-5-6-9(7-8)11(10)13(2,3)12/h4,8-9,11H,5-7H2,1-3H3. The van der Waals surface area contributed by atoms with Gasteiger partial charge in [0.1, 0.15) is 0 Å². The van der Waals surface area contributed by atoms with Gasteiger partial charge in [0.15, 0.2) is 7.38 Å². The normalized spacial score (nSPS) is 41.8. The van der Waals surface area contributed by atoms with Crippen LogP contribution in [0.25, 0.3) is 0 Å². The van der Waals surface area contributed by atoms with E-state index < -0.39 is 7.38 Å². The molecule has 2 aliphatic carbocycles. The van der Waals surface area contributed by atoms with Gasteiger partial charge in [0.05, 0.1) is 0 Å². The maximum atomic E-state index is 6.61. The van der Waals surface area contributed by atoms with E-state index in [1.807, 2.05) is 0 Å². The van der Waals surface area contributed by atoms with Crippen LogP contribution in [0.3, 0.4) is 0 Å². The van der Waals surface area contributed by atoms with Crippen molar-refractivity contribution in [3.05, 3.63) is 11.6 Å². The maximum Gasteiger partial charge on any atom is 0.157 e. The van der Waals surface area contributed by atoms with Crippen LogP contribution in [0.1, 0.15) is 26.2 Å². The molecule has 0 spiro atoms. The van der Waals surface area contributed by atoms with Crippen LogP contribution in [-0.2, 0) is 0 Å². The largest absolute Gasteiger partial charge is 0.167 e. The molecule has 0 nitrogen and oxygen atoms in total. The predicted molar refractivity (Wildman–Crippen MR) is 61.7 cm³/mol. The lowest BCUT2D eigenvalue weighted by Crippen LogP contribution is -2.30. The number of hydrogen-bond donors (Lipinski definition) is 0. The fourth-order valence-electron chi connectivity index (χ4n) is 3.52. The van der Waals surface area contributed by atoms with Gasteiger partial charge in [-0.05, 0) is 43.6 Å². The minimum Gasteiger partial charge on any atom is -0.167 e. The van der Waals surface area contributed by atoms with Gasteiger partial charge in [0.2, 0.25) is 0 Å². The third-order valence-electron chi connectivity index (χ3n) is 3.85. The van der Waals surface area contributed by atoms with Crippen molar-refractivity contribution >= 4 is 18.5 Å². The molecule has 3 unspecified atom stereocenters. The Morgan fingerprint density at radius 2 is 2.08 bits per heavy atom. The van der Waals surface area contributed by atoms with Crippen molar-refractivity contribution in [2.45, 2.75) is 44.8 Å². The van der Waals surface area contributed by atoms with Crippen LogP contribution >= 0.6 is 11.1 Å². The van der Waals surface area contributed by atoms with Crippen molar-refractivity contribution in [3.8, 4) is 0 Å². The van der Waals surface area contributed by atoms with Gasteiger partial charge in [-0.25, -0.2) is 0 Å². The summed E-state index contributed by atoms with van der Waals surface area (Å²) in [5, 5.41) is 0. The van der Waals surface area contributed by atoms with Gasteiger partial charge in [-0.15, -0.1) is 0 Å². The summed E-state index contributed by atoms with van der Waals surface area (Å²) in [7, 11) is -1.46. The average Bonchev–Trinajstić information content (AvgIpc) is 2.59. The predicted octanol–water partition coefficient (Wildman–Crippen LogP) is 4.18. The van der Waals surface area contributed by atoms with E-state index in [-0.39, 0.29) is 0 Å². The van der Waals surface area contributed by atoms with E-state index in [0.29, 0.717) is 0 Å². The molecule has 2 heteroatoms. The molecule has 13 heavy (non-hydrogen) atoms. The minimum atomic E-state index is -1.46. The first-order valence-electron chi connectivity index (χ1n) is 5.39. The SMILES string of the molecule is CC=C1C2CCC(C2)C1[Si](C)(C)Cl. The number of rotatable bonds is 1. The van der Waals surface area contributed by atoms with Gasteiger partial charge in [-0.1, -0.05) is 24.7 Å². The Labute approximate surface area is 87.1 Å². The quantitative estimate of drug-likeness (QED) is 0.349. The molecule has 0 aromatic heterocycles. The Hall–Kier alpha value is 0.247. The Bertz CT molecular complexity index is 239. The minimum absolute atomic E-state index is 0.790. The van der Waals surface area contributed by atoms with Crippen LogP contribution in [0.4, 0.5) is 0 Å². The maximum absolute atomic E-state index is 6.61. The molecule has 2 rings (SSSR count). The van der Waals surface area contributed by atoms with Gasteiger partial charge in [0.25, 0.3) is 0 Å². The van der Waals surface area contributed by atoms with Gasteiger partial charge in [-0.3, -0.25) is 0 Å². The summed E-state index contributed by atoms with van der Waals surface area (Å²) in [5.41, 5.74) is 2.50. The topological polar surface area (TPSA) is 0 Å². The molecule has 0 saturated heterocycles. The van der Waals surface area contributed by atoms with Crippen molar-refractivity contribution in [1.82, 2.24) is 0 Å². The average molecular weight is 215 g/mol. The van der Waals surface area contributed by atoms with Crippen LogP contribution in [0.5, 0.6) is 0 Å².